The third kappa shape index (κ3) is 3.63. The number of carbonyl (C=O) groups excluding carboxylic acids is 1. The van der Waals surface area contributed by atoms with Crippen LogP contribution in [-0.4, -0.2) is 25.4 Å². The number of methoxy groups -OCH3 is 1. The molecule has 3 nitrogen and oxygen atoms in total. The lowest BCUT2D eigenvalue weighted by molar-refractivity contribution is -0.189. The molecule has 0 N–H and O–H groups in total. The second kappa shape index (κ2) is 5.60. The number of halogens is 4. The van der Waals surface area contributed by atoms with Gasteiger partial charge >= 0.3 is 12.1 Å². The summed E-state index contributed by atoms with van der Waals surface area (Å²) in [4.78, 5) is 11.4. The van der Waals surface area contributed by atoms with Gasteiger partial charge in [0.1, 0.15) is 11.3 Å². The van der Waals surface area contributed by atoms with Gasteiger partial charge in [-0.05, 0) is 25.1 Å². The first-order valence-electron chi connectivity index (χ1n) is 4.87. The van der Waals surface area contributed by atoms with E-state index in [-0.39, 0.29) is 11.3 Å². The molecule has 0 aliphatic carbocycles. The summed E-state index contributed by atoms with van der Waals surface area (Å²) < 4.78 is 46.9. The van der Waals surface area contributed by atoms with Gasteiger partial charge in [-0.1, -0.05) is 15.9 Å². The first-order valence-corrected chi connectivity index (χ1v) is 5.66. The number of hydrogen-bond acceptors (Lipinski definition) is 3. The molecule has 0 amide bonds. The van der Waals surface area contributed by atoms with E-state index >= 15 is 0 Å². The molecule has 1 aromatic rings. The number of alkyl halides is 3. The number of hydrogen-bond donors (Lipinski definition) is 0. The molecule has 1 rings (SSSR count). The van der Waals surface area contributed by atoms with Crippen molar-refractivity contribution < 1.29 is 27.4 Å². The molecule has 0 unspecified atom stereocenters. The van der Waals surface area contributed by atoms with Crippen molar-refractivity contribution in [3.8, 4) is 5.75 Å². The minimum absolute atomic E-state index is 0.0585. The summed E-state index contributed by atoms with van der Waals surface area (Å²) in [5.74, 6) is -0.937. The third-order valence-electron chi connectivity index (χ3n) is 2.11. The van der Waals surface area contributed by atoms with Crippen LogP contribution in [0.1, 0.15) is 17.3 Å². The molecule has 0 saturated heterocycles. The fourth-order valence-corrected chi connectivity index (χ4v) is 1.47. The highest BCUT2D eigenvalue weighted by atomic mass is 79.9. The van der Waals surface area contributed by atoms with Gasteiger partial charge in [0.25, 0.3) is 0 Å². The molecule has 1 aromatic carbocycles. The molecule has 0 radical (unpaired) electrons. The molecule has 100 valence electrons. The van der Waals surface area contributed by atoms with Crippen molar-refractivity contribution in [3.05, 3.63) is 28.2 Å². The second-order valence-electron chi connectivity index (χ2n) is 3.43. The first-order chi connectivity index (χ1) is 8.25. The van der Waals surface area contributed by atoms with Crippen molar-refractivity contribution >= 4 is 21.9 Å². The summed E-state index contributed by atoms with van der Waals surface area (Å²) in [6.45, 7) is 0.863. The van der Waals surface area contributed by atoms with Gasteiger partial charge in [-0.15, -0.1) is 0 Å². The van der Waals surface area contributed by atoms with E-state index < -0.39 is 18.2 Å². The summed E-state index contributed by atoms with van der Waals surface area (Å²) in [5.41, 5.74) is -0.0585. The van der Waals surface area contributed by atoms with E-state index in [1.54, 1.807) is 0 Å². The molecule has 18 heavy (non-hydrogen) atoms. The molecule has 0 spiro atoms. The van der Waals surface area contributed by atoms with E-state index in [9.17, 15) is 18.0 Å². The summed E-state index contributed by atoms with van der Waals surface area (Å²) in [5, 5.41) is 0. The van der Waals surface area contributed by atoms with Crippen molar-refractivity contribution in [2.24, 2.45) is 0 Å². The maximum Gasteiger partial charge on any atom is 0.425 e. The largest absolute Gasteiger partial charge is 0.480 e. The number of carbonyl (C=O) groups is 1. The molecule has 1 atom stereocenters. The molecule has 0 aliphatic rings. The molecule has 0 saturated carbocycles. The Morgan fingerprint density at radius 1 is 1.39 bits per heavy atom. The van der Waals surface area contributed by atoms with Gasteiger partial charge < -0.3 is 9.47 Å². The highest BCUT2D eigenvalue weighted by molar-refractivity contribution is 9.10. The SMILES string of the molecule is COC(=O)c1ccc(Br)cc1O[C@@H](C)C(F)(F)F. The molecule has 0 aromatic heterocycles. The molecule has 0 bridgehead atoms. The zero-order chi connectivity index (χ0) is 13.9. The van der Waals surface area contributed by atoms with Crippen LogP contribution >= 0.6 is 15.9 Å². The van der Waals surface area contributed by atoms with Gasteiger partial charge in [0.05, 0.1) is 7.11 Å². The van der Waals surface area contributed by atoms with Gasteiger partial charge in [0.2, 0.25) is 0 Å². The van der Waals surface area contributed by atoms with Gasteiger partial charge in [-0.3, -0.25) is 0 Å². The predicted molar refractivity (Wildman–Crippen MR) is 61.6 cm³/mol. The van der Waals surface area contributed by atoms with E-state index in [4.69, 9.17) is 4.74 Å². The molecule has 0 heterocycles. The lowest BCUT2D eigenvalue weighted by atomic mass is 10.2. The monoisotopic (exact) mass is 326 g/mol. The lowest BCUT2D eigenvalue weighted by Crippen LogP contribution is -2.31. The third-order valence-corrected chi connectivity index (χ3v) is 2.61. The van der Waals surface area contributed by atoms with Crippen molar-refractivity contribution in [3.63, 3.8) is 0 Å². The Hall–Kier alpha value is -1.24. The van der Waals surface area contributed by atoms with Crippen molar-refractivity contribution in [2.45, 2.75) is 19.2 Å². The Labute approximate surface area is 110 Å². The van der Waals surface area contributed by atoms with E-state index in [0.717, 1.165) is 14.0 Å². The number of esters is 1. The fourth-order valence-electron chi connectivity index (χ4n) is 1.13. The minimum Gasteiger partial charge on any atom is -0.480 e. The Morgan fingerprint density at radius 3 is 2.50 bits per heavy atom. The first kappa shape index (κ1) is 14.8. The van der Waals surface area contributed by atoms with Crippen molar-refractivity contribution in [1.82, 2.24) is 0 Å². The predicted octanol–water partition coefficient (Wildman–Crippen LogP) is 3.57. The molecule has 0 aliphatic heterocycles. The van der Waals surface area contributed by atoms with Crippen LogP contribution < -0.4 is 4.74 Å². The van der Waals surface area contributed by atoms with Gasteiger partial charge in [-0.2, -0.15) is 13.2 Å². The Bertz CT molecular complexity index is 446. The van der Waals surface area contributed by atoms with Gasteiger partial charge in [0.15, 0.2) is 6.10 Å². The molecular weight excluding hydrogens is 317 g/mol. The highest BCUT2D eigenvalue weighted by Gasteiger charge is 2.38. The zero-order valence-electron chi connectivity index (χ0n) is 9.55. The summed E-state index contributed by atoms with van der Waals surface area (Å²) in [6, 6.07) is 4.13. The average Bonchev–Trinajstić information content (AvgIpc) is 2.27. The summed E-state index contributed by atoms with van der Waals surface area (Å²) >= 11 is 3.09. The van der Waals surface area contributed by atoms with E-state index in [2.05, 4.69) is 20.7 Å². The smallest absolute Gasteiger partial charge is 0.425 e. The van der Waals surface area contributed by atoms with Gasteiger partial charge in [-0.25, -0.2) is 4.79 Å². The highest BCUT2D eigenvalue weighted by Crippen LogP contribution is 2.29. The van der Waals surface area contributed by atoms with Crippen molar-refractivity contribution in [2.75, 3.05) is 7.11 Å². The van der Waals surface area contributed by atoms with Crippen LogP contribution in [0, 0.1) is 0 Å². The van der Waals surface area contributed by atoms with Gasteiger partial charge in [0, 0.05) is 4.47 Å². The van der Waals surface area contributed by atoms with Crippen LogP contribution in [0.5, 0.6) is 5.75 Å². The van der Waals surface area contributed by atoms with Crippen LogP contribution in [0.4, 0.5) is 13.2 Å². The molecule has 0 fully saturated rings. The Morgan fingerprint density at radius 2 is 2.00 bits per heavy atom. The van der Waals surface area contributed by atoms with E-state index in [1.165, 1.54) is 18.2 Å². The van der Waals surface area contributed by atoms with Crippen LogP contribution in [-0.2, 0) is 4.74 Å². The summed E-state index contributed by atoms with van der Waals surface area (Å²) in [7, 11) is 1.14. The van der Waals surface area contributed by atoms with E-state index in [0.29, 0.717) is 4.47 Å². The zero-order valence-corrected chi connectivity index (χ0v) is 11.1. The van der Waals surface area contributed by atoms with Crippen LogP contribution in [0.2, 0.25) is 0 Å². The second-order valence-corrected chi connectivity index (χ2v) is 4.35. The number of ether oxygens (including phenoxy) is 2. The minimum atomic E-state index is -4.50. The maximum atomic E-state index is 12.4. The Kier molecular flexibility index (Phi) is 4.61. The normalized spacial score (nSPS) is 13.0. The Balaban J connectivity index is 3.07. The lowest BCUT2D eigenvalue weighted by Gasteiger charge is -2.19. The average molecular weight is 327 g/mol. The van der Waals surface area contributed by atoms with Crippen molar-refractivity contribution in [1.29, 1.82) is 0 Å². The maximum absolute atomic E-state index is 12.4. The quantitative estimate of drug-likeness (QED) is 0.797. The molecule has 7 heteroatoms. The van der Waals surface area contributed by atoms with Crippen LogP contribution in [0.3, 0.4) is 0 Å². The molecular formula is C11H10BrF3O3. The number of benzene rings is 1. The van der Waals surface area contributed by atoms with E-state index in [1.807, 2.05) is 0 Å². The standard InChI is InChI=1S/C11H10BrF3O3/c1-6(11(13,14)15)18-9-5-7(12)3-4-8(9)10(16)17-2/h3-6H,1-2H3/t6-/m0/s1. The van der Waals surface area contributed by atoms with Crippen LogP contribution in [0.15, 0.2) is 22.7 Å². The van der Waals surface area contributed by atoms with Crippen LogP contribution in [0.25, 0.3) is 0 Å². The fraction of sp³-hybridized carbons (Fsp3) is 0.364. The number of rotatable bonds is 3. The topological polar surface area (TPSA) is 35.5 Å². The summed E-state index contributed by atoms with van der Waals surface area (Å²) in [6.07, 6.45) is -6.52.